The van der Waals surface area contributed by atoms with Crippen LogP contribution in [0, 0.1) is 5.92 Å². The number of ether oxygens (including phenoxy) is 2. The Bertz CT molecular complexity index is 1380. The average molecular weight is 540 g/mol. The van der Waals surface area contributed by atoms with E-state index in [2.05, 4.69) is 26.8 Å². The molecule has 5 N–H and O–H groups in total. The Balaban J connectivity index is 1.51. The number of benzene rings is 1. The van der Waals surface area contributed by atoms with E-state index in [4.69, 9.17) is 20.9 Å². The summed E-state index contributed by atoms with van der Waals surface area (Å²) in [5, 5.41) is 0. The summed E-state index contributed by atoms with van der Waals surface area (Å²) in [7, 11) is 1.34. The Morgan fingerprint density at radius 3 is 2.64 bits per heavy atom. The van der Waals surface area contributed by atoms with E-state index in [0.29, 0.717) is 30.9 Å². The molecule has 1 fully saturated rings. The lowest BCUT2D eigenvalue weighted by Gasteiger charge is -2.38. The number of primary amides is 1. The van der Waals surface area contributed by atoms with Crippen molar-refractivity contribution in [3.05, 3.63) is 45.9 Å². The van der Waals surface area contributed by atoms with E-state index in [1.807, 2.05) is 31.2 Å². The predicted molar refractivity (Wildman–Crippen MR) is 146 cm³/mol. The van der Waals surface area contributed by atoms with Crippen LogP contribution in [0.4, 0.5) is 5.82 Å². The third kappa shape index (κ3) is 6.22. The van der Waals surface area contributed by atoms with Crippen molar-refractivity contribution in [1.29, 1.82) is 0 Å². The minimum absolute atomic E-state index is 0.119. The zero-order valence-electron chi connectivity index (χ0n) is 22.7. The molecule has 2 aromatic heterocycles. The van der Waals surface area contributed by atoms with Gasteiger partial charge in [0.1, 0.15) is 11.6 Å². The second-order valence-electron chi connectivity index (χ2n) is 10.0. The van der Waals surface area contributed by atoms with E-state index in [9.17, 15) is 14.4 Å². The van der Waals surface area contributed by atoms with Gasteiger partial charge in [-0.05, 0) is 56.3 Å². The predicted octanol–water partition coefficient (Wildman–Crippen LogP) is 2.10. The number of carbonyl (C=O) groups excluding carboxylic acids is 2. The highest BCUT2D eigenvalue weighted by molar-refractivity contribution is 5.82. The standard InChI is InChI=1S/C27H37N7O5/c1-4-5-13-39-26-31-23(28)21-25(32-26)34(27(37)30-21)16(2)18-9-11-33(12-10-18)22(24(29)36)19-8-6-7-17(14-19)15-20(35)38-3/h6-8,14,16,18,22H,4-5,9-13,15H2,1-3H3,(H2,29,36)(H,30,37)(H2,28,31,32). The van der Waals surface area contributed by atoms with Crippen molar-refractivity contribution in [2.24, 2.45) is 11.7 Å². The number of imidazole rings is 1. The summed E-state index contributed by atoms with van der Waals surface area (Å²) >= 11 is 0. The van der Waals surface area contributed by atoms with Gasteiger partial charge >= 0.3 is 17.7 Å². The van der Waals surface area contributed by atoms with Gasteiger partial charge in [0, 0.05) is 6.04 Å². The fourth-order valence-electron chi connectivity index (χ4n) is 5.29. The number of carbonyl (C=O) groups is 2. The molecule has 0 saturated carbocycles. The summed E-state index contributed by atoms with van der Waals surface area (Å²) in [4.78, 5) is 50.8. The fourth-order valence-corrected chi connectivity index (χ4v) is 5.29. The summed E-state index contributed by atoms with van der Waals surface area (Å²) in [5.41, 5.74) is 14.0. The second kappa shape index (κ2) is 12.3. The monoisotopic (exact) mass is 539 g/mol. The molecular formula is C27H37N7O5. The first-order valence-corrected chi connectivity index (χ1v) is 13.3. The van der Waals surface area contributed by atoms with Crippen LogP contribution < -0.4 is 21.9 Å². The van der Waals surface area contributed by atoms with Crippen LogP contribution in [-0.4, -0.2) is 63.1 Å². The Hall–Kier alpha value is -3.93. The highest BCUT2D eigenvalue weighted by Gasteiger charge is 2.33. The molecule has 4 rings (SSSR count). The number of hydrogen-bond donors (Lipinski definition) is 3. The number of amides is 1. The maximum atomic E-state index is 13.0. The number of nitrogen functional groups attached to an aromatic ring is 1. The number of esters is 1. The van der Waals surface area contributed by atoms with E-state index in [1.165, 1.54) is 7.11 Å². The van der Waals surface area contributed by atoms with Crippen LogP contribution >= 0.6 is 0 Å². The van der Waals surface area contributed by atoms with Crippen LogP contribution in [0.1, 0.15) is 62.7 Å². The van der Waals surface area contributed by atoms with E-state index in [1.54, 1.807) is 4.57 Å². The van der Waals surface area contributed by atoms with Crippen molar-refractivity contribution >= 4 is 28.9 Å². The lowest BCUT2D eigenvalue weighted by molar-refractivity contribution is -0.139. The number of rotatable bonds is 11. The molecule has 1 aromatic carbocycles. The van der Waals surface area contributed by atoms with Gasteiger partial charge in [0.05, 0.1) is 20.1 Å². The normalized spacial score (nSPS) is 16.2. The number of methoxy groups -OCH3 is 1. The van der Waals surface area contributed by atoms with E-state index >= 15 is 0 Å². The number of aromatic nitrogens is 4. The molecule has 1 amide bonds. The highest BCUT2D eigenvalue weighted by atomic mass is 16.5. The summed E-state index contributed by atoms with van der Waals surface area (Å²) in [6, 6.07) is 6.67. The molecule has 0 radical (unpaired) electrons. The Morgan fingerprint density at radius 1 is 1.23 bits per heavy atom. The van der Waals surface area contributed by atoms with Gasteiger partial charge in [-0.15, -0.1) is 0 Å². The molecule has 12 heteroatoms. The van der Waals surface area contributed by atoms with Crippen molar-refractivity contribution < 1.29 is 19.1 Å². The lowest BCUT2D eigenvalue weighted by atomic mass is 9.88. The van der Waals surface area contributed by atoms with Crippen LogP contribution in [0.15, 0.2) is 29.1 Å². The van der Waals surface area contributed by atoms with Crippen LogP contribution in [0.3, 0.4) is 0 Å². The van der Waals surface area contributed by atoms with Gasteiger partial charge in [0.25, 0.3) is 0 Å². The number of nitrogens with two attached hydrogens (primary N) is 2. The van der Waals surface area contributed by atoms with Crippen LogP contribution in [0.25, 0.3) is 11.2 Å². The molecule has 12 nitrogen and oxygen atoms in total. The molecule has 0 spiro atoms. The number of nitrogens with zero attached hydrogens (tertiary/aromatic N) is 4. The zero-order chi connectivity index (χ0) is 28.1. The lowest BCUT2D eigenvalue weighted by Crippen LogP contribution is -2.44. The first kappa shape index (κ1) is 28.1. The highest BCUT2D eigenvalue weighted by Crippen LogP contribution is 2.34. The third-order valence-corrected chi connectivity index (χ3v) is 7.45. The first-order chi connectivity index (χ1) is 18.7. The van der Waals surface area contributed by atoms with Gasteiger partial charge in [0.15, 0.2) is 11.5 Å². The largest absolute Gasteiger partial charge is 0.469 e. The maximum Gasteiger partial charge on any atom is 0.328 e. The molecular weight excluding hydrogens is 502 g/mol. The number of unbranched alkanes of at least 4 members (excludes halogenated alkanes) is 1. The third-order valence-electron chi connectivity index (χ3n) is 7.45. The van der Waals surface area contributed by atoms with Gasteiger partial charge in [0.2, 0.25) is 5.91 Å². The number of piperidine rings is 1. The number of H-pyrrole nitrogens is 1. The molecule has 0 aliphatic carbocycles. The SMILES string of the molecule is CCCCOc1nc(N)c2[nH]c(=O)n(C(C)C3CCN(C(C(N)=O)c4cccc(CC(=O)OC)c4)CC3)c2n1. The average Bonchev–Trinajstić information content (AvgIpc) is 3.25. The second-order valence-corrected chi connectivity index (χ2v) is 10.0. The molecule has 1 aliphatic rings. The fraction of sp³-hybridized carbons (Fsp3) is 0.519. The minimum Gasteiger partial charge on any atom is -0.469 e. The van der Waals surface area contributed by atoms with Crippen molar-refractivity contribution in [2.75, 3.05) is 32.5 Å². The van der Waals surface area contributed by atoms with Crippen molar-refractivity contribution in [2.45, 2.75) is 58.0 Å². The van der Waals surface area contributed by atoms with Gasteiger partial charge < -0.3 is 25.9 Å². The maximum absolute atomic E-state index is 13.0. The van der Waals surface area contributed by atoms with Crippen LogP contribution in [0.2, 0.25) is 0 Å². The van der Waals surface area contributed by atoms with Crippen LogP contribution in [-0.2, 0) is 20.7 Å². The first-order valence-electron chi connectivity index (χ1n) is 13.3. The van der Waals surface area contributed by atoms with Gasteiger partial charge in [-0.1, -0.05) is 37.6 Å². The molecule has 3 heterocycles. The smallest absolute Gasteiger partial charge is 0.328 e. The van der Waals surface area contributed by atoms with Gasteiger partial charge in [-0.25, -0.2) is 4.79 Å². The topological polar surface area (TPSA) is 171 Å². The van der Waals surface area contributed by atoms with Gasteiger partial charge in [-0.2, -0.15) is 9.97 Å². The Kier molecular flexibility index (Phi) is 8.85. The number of nitrogens with one attached hydrogen (secondary N) is 1. The van der Waals surface area contributed by atoms with Crippen molar-refractivity contribution in [3.63, 3.8) is 0 Å². The minimum atomic E-state index is -0.620. The number of fused-ring (bicyclic) bond motifs is 1. The summed E-state index contributed by atoms with van der Waals surface area (Å²) in [5.74, 6) is -0.481. The van der Waals surface area contributed by atoms with Crippen molar-refractivity contribution in [1.82, 2.24) is 24.4 Å². The van der Waals surface area contributed by atoms with Crippen LogP contribution in [0.5, 0.6) is 6.01 Å². The quantitative estimate of drug-likeness (QED) is 0.244. The number of likely N-dealkylation sites (tertiary alicyclic amines) is 1. The molecule has 39 heavy (non-hydrogen) atoms. The van der Waals surface area contributed by atoms with E-state index in [0.717, 1.165) is 36.8 Å². The number of aromatic amines is 1. The molecule has 2 unspecified atom stereocenters. The summed E-state index contributed by atoms with van der Waals surface area (Å²) < 4.78 is 12.0. The molecule has 210 valence electrons. The Labute approximate surface area is 226 Å². The number of anilines is 1. The van der Waals surface area contributed by atoms with Gasteiger partial charge in [-0.3, -0.25) is 19.1 Å². The molecule has 0 bridgehead atoms. The number of hydrogen-bond acceptors (Lipinski definition) is 9. The zero-order valence-corrected chi connectivity index (χ0v) is 22.7. The van der Waals surface area contributed by atoms with E-state index in [-0.39, 0.29) is 41.9 Å². The summed E-state index contributed by atoms with van der Waals surface area (Å²) in [6.07, 6.45) is 3.43. The molecule has 1 aliphatic heterocycles. The molecule has 3 aromatic rings. The molecule has 2 atom stereocenters. The summed E-state index contributed by atoms with van der Waals surface area (Å²) in [6.45, 7) is 5.75. The van der Waals surface area contributed by atoms with Crippen molar-refractivity contribution in [3.8, 4) is 6.01 Å². The molecule has 1 saturated heterocycles. The van der Waals surface area contributed by atoms with E-state index < -0.39 is 11.9 Å². The Morgan fingerprint density at radius 2 is 1.97 bits per heavy atom.